The second-order valence-corrected chi connectivity index (χ2v) is 6.35. The number of halogens is 1. The summed E-state index contributed by atoms with van der Waals surface area (Å²) in [7, 11) is -3.27. The second-order valence-electron chi connectivity index (χ2n) is 3.29. The number of sulfone groups is 1. The molecule has 0 bridgehead atoms. The largest absolute Gasteiger partial charge is 0.396 e. The van der Waals surface area contributed by atoms with Crippen molar-refractivity contribution in [3.8, 4) is 0 Å². The van der Waals surface area contributed by atoms with Gasteiger partial charge in [0.2, 0.25) is 9.84 Å². The molecule has 2 rings (SSSR count). The minimum absolute atomic E-state index is 0.0169. The highest BCUT2D eigenvalue weighted by Gasteiger charge is 2.38. The molecule has 1 aromatic rings. The highest BCUT2D eigenvalue weighted by Crippen LogP contribution is 2.35. The van der Waals surface area contributed by atoms with Crippen LogP contribution in [0.2, 0.25) is 0 Å². The summed E-state index contributed by atoms with van der Waals surface area (Å²) in [6.07, 6.45) is 2.89. The molecule has 14 heavy (non-hydrogen) atoms. The van der Waals surface area contributed by atoms with Gasteiger partial charge in [-0.15, -0.1) is 0 Å². The standard InChI is InChI=1S/C8H9BrN2O2S/c9-5-3-7(10)8(11-4-5)14(12,13)6-1-2-6/h3-4,6H,1-2,10H2. The van der Waals surface area contributed by atoms with Gasteiger partial charge in [-0.25, -0.2) is 13.4 Å². The van der Waals surface area contributed by atoms with Crippen LogP contribution >= 0.6 is 15.9 Å². The zero-order valence-corrected chi connectivity index (χ0v) is 9.68. The van der Waals surface area contributed by atoms with Crippen LogP contribution in [-0.4, -0.2) is 18.7 Å². The van der Waals surface area contributed by atoms with E-state index in [4.69, 9.17) is 5.73 Å². The lowest BCUT2D eigenvalue weighted by Crippen LogP contribution is -2.11. The summed E-state index contributed by atoms with van der Waals surface area (Å²) in [6.45, 7) is 0. The molecule has 1 fully saturated rings. The van der Waals surface area contributed by atoms with Gasteiger partial charge in [0.25, 0.3) is 0 Å². The Morgan fingerprint density at radius 3 is 2.64 bits per heavy atom. The van der Waals surface area contributed by atoms with Gasteiger partial charge < -0.3 is 5.73 Å². The first kappa shape index (κ1) is 9.92. The number of hydrogen-bond donors (Lipinski definition) is 1. The fourth-order valence-corrected chi connectivity index (χ4v) is 3.22. The molecule has 1 heterocycles. The SMILES string of the molecule is Nc1cc(Br)cnc1S(=O)(=O)C1CC1. The van der Waals surface area contributed by atoms with E-state index in [0.717, 1.165) is 12.8 Å². The zero-order valence-electron chi connectivity index (χ0n) is 7.27. The van der Waals surface area contributed by atoms with Crippen molar-refractivity contribution in [3.05, 3.63) is 16.7 Å². The van der Waals surface area contributed by atoms with Gasteiger partial charge in [0, 0.05) is 10.7 Å². The molecule has 0 unspecified atom stereocenters. The van der Waals surface area contributed by atoms with E-state index >= 15 is 0 Å². The summed E-state index contributed by atoms with van der Waals surface area (Å²) in [5.41, 5.74) is 5.82. The van der Waals surface area contributed by atoms with E-state index in [0.29, 0.717) is 4.47 Å². The number of aromatic nitrogens is 1. The first-order valence-corrected chi connectivity index (χ1v) is 6.50. The fourth-order valence-electron chi connectivity index (χ4n) is 1.22. The molecule has 1 aromatic heterocycles. The highest BCUT2D eigenvalue weighted by molar-refractivity contribution is 9.10. The Morgan fingerprint density at radius 1 is 1.50 bits per heavy atom. The molecule has 1 saturated carbocycles. The molecule has 0 spiro atoms. The molecule has 6 heteroatoms. The van der Waals surface area contributed by atoms with E-state index in [1.807, 2.05) is 0 Å². The van der Waals surface area contributed by atoms with Gasteiger partial charge >= 0.3 is 0 Å². The quantitative estimate of drug-likeness (QED) is 0.885. The van der Waals surface area contributed by atoms with Gasteiger partial charge in [0.15, 0.2) is 5.03 Å². The summed E-state index contributed by atoms with van der Waals surface area (Å²) in [5.74, 6) is 0. The van der Waals surface area contributed by atoms with Crippen molar-refractivity contribution in [2.75, 3.05) is 5.73 Å². The second kappa shape index (κ2) is 3.20. The summed E-state index contributed by atoms with van der Waals surface area (Å²) >= 11 is 3.18. The molecule has 1 aliphatic rings. The maximum absolute atomic E-state index is 11.8. The lowest BCUT2D eigenvalue weighted by Gasteiger charge is -2.04. The molecular weight excluding hydrogens is 268 g/mol. The molecular formula is C8H9BrN2O2S. The van der Waals surface area contributed by atoms with Crippen molar-refractivity contribution < 1.29 is 8.42 Å². The number of nitrogens with zero attached hydrogens (tertiary/aromatic N) is 1. The van der Waals surface area contributed by atoms with Gasteiger partial charge in [-0.1, -0.05) is 0 Å². The van der Waals surface area contributed by atoms with Crippen molar-refractivity contribution in [3.63, 3.8) is 0 Å². The van der Waals surface area contributed by atoms with E-state index in [2.05, 4.69) is 20.9 Å². The van der Waals surface area contributed by atoms with E-state index < -0.39 is 9.84 Å². The van der Waals surface area contributed by atoms with Gasteiger partial charge in [-0.3, -0.25) is 0 Å². The maximum Gasteiger partial charge on any atom is 0.200 e. The zero-order chi connectivity index (χ0) is 10.3. The van der Waals surface area contributed by atoms with Crippen molar-refractivity contribution in [2.24, 2.45) is 0 Å². The van der Waals surface area contributed by atoms with E-state index in [-0.39, 0.29) is 16.0 Å². The number of nitrogens with two attached hydrogens (primary N) is 1. The van der Waals surface area contributed by atoms with Gasteiger partial charge in [0.1, 0.15) is 0 Å². The fraction of sp³-hybridized carbons (Fsp3) is 0.375. The highest BCUT2D eigenvalue weighted by atomic mass is 79.9. The van der Waals surface area contributed by atoms with Crippen LogP contribution < -0.4 is 5.73 Å². The summed E-state index contributed by atoms with van der Waals surface area (Å²) in [4.78, 5) is 3.85. The Balaban J connectivity index is 2.51. The lowest BCUT2D eigenvalue weighted by atomic mass is 10.4. The molecule has 0 atom stereocenters. The average Bonchev–Trinajstić information content (AvgIpc) is 2.84. The summed E-state index contributed by atoms with van der Waals surface area (Å²) in [5, 5.41) is -0.248. The van der Waals surface area contributed by atoms with Crippen LogP contribution in [0.3, 0.4) is 0 Å². The minimum atomic E-state index is -3.27. The predicted octanol–water partition coefficient (Wildman–Crippen LogP) is 1.36. The van der Waals surface area contributed by atoms with Gasteiger partial charge in [-0.05, 0) is 34.8 Å². The molecule has 0 amide bonds. The predicted molar refractivity (Wildman–Crippen MR) is 56.6 cm³/mol. The van der Waals surface area contributed by atoms with Crippen molar-refractivity contribution in [1.29, 1.82) is 0 Å². The number of anilines is 1. The van der Waals surface area contributed by atoms with Crippen LogP contribution in [0.5, 0.6) is 0 Å². The van der Waals surface area contributed by atoms with E-state index in [1.165, 1.54) is 6.20 Å². The molecule has 2 N–H and O–H groups in total. The third-order valence-corrected chi connectivity index (χ3v) is 4.74. The van der Waals surface area contributed by atoms with Gasteiger partial charge in [0.05, 0.1) is 10.9 Å². The minimum Gasteiger partial charge on any atom is -0.396 e. The monoisotopic (exact) mass is 276 g/mol. The number of nitrogen functional groups attached to an aromatic ring is 1. The lowest BCUT2D eigenvalue weighted by molar-refractivity contribution is 0.591. The van der Waals surface area contributed by atoms with Crippen LogP contribution in [0.25, 0.3) is 0 Å². The van der Waals surface area contributed by atoms with Crippen LogP contribution in [0.1, 0.15) is 12.8 Å². The smallest absolute Gasteiger partial charge is 0.200 e. The normalized spacial score (nSPS) is 16.9. The van der Waals surface area contributed by atoms with Crippen LogP contribution in [0.15, 0.2) is 21.8 Å². The first-order valence-electron chi connectivity index (χ1n) is 4.17. The average molecular weight is 277 g/mol. The molecule has 0 saturated heterocycles. The molecule has 1 aliphatic carbocycles. The van der Waals surface area contributed by atoms with E-state index in [1.54, 1.807) is 6.07 Å². The number of hydrogen-bond acceptors (Lipinski definition) is 4. The molecule has 4 nitrogen and oxygen atoms in total. The van der Waals surface area contributed by atoms with Crippen LogP contribution in [-0.2, 0) is 9.84 Å². The Labute approximate surface area is 90.6 Å². The van der Waals surface area contributed by atoms with Crippen molar-refractivity contribution in [2.45, 2.75) is 23.1 Å². The van der Waals surface area contributed by atoms with Crippen LogP contribution in [0, 0.1) is 0 Å². The Kier molecular flexibility index (Phi) is 2.27. The Hall–Kier alpha value is -0.620. The van der Waals surface area contributed by atoms with Crippen molar-refractivity contribution >= 4 is 31.5 Å². The Bertz CT molecular complexity index is 468. The first-order chi connectivity index (χ1) is 6.51. The topological polar surface area (TPSA) is 73.0 Å². The van der Waals surface area contributed by atoms with Crippen LogP contribution in [0.4, 0.5) is 5.69 Å². The summed E-state index contributed by atoms with van der Waals surface area (Å²) in [6, 6.07) is 1.56. The van der Waals surface area contributed by atoms with E-state index in [9.17, 15) is 8.42 Å². The van der Waals surface area contributed by atoms with Gasteiger partial charge in [-0.2, -0.15) is 0 Å². The molecule has 76 valence electrons. The third-order valence-electron chi connectivity index (χ3n) is 2.08. The Morgan fingerprint density at radius 2 is 2.14 bits per heavy atom. The molecule has 0 radical (unpaired) electrons. The molecule has 0 aromatic carbocycles. The number of pyridine rings is 1. The maximum atomic E-state index is 11.8. The third kappa shape index (κ3) is 1.64. The summed E-state index contributed by atoms with van der Waals surface area (Å²) < 4.78 is 24.2. The number of rotatable bonds is 2. The van der Waals surface area contributed by atoms with Crippen molar-refractivity contribution in [1.82, 2.24) is 4.98 Å². The molecule has 0 aliphatic heterocycles.